The number of hydrogen-bond acceptors (Lipinski definition) is 3. The van der Waals surface area contributed by atoms with Crippen LogP contribution in [0.4, 0.5) is 0 Å². The molecular weight excluding hydrogens is 446 g/mol. The third-order valence-corrected chi connectivity index (χ3v) is 6.22. The Labute approximate surface area is 191 Å². The van der Waals surface area contributed by atoms with E-state index in [2.05, 4.69) is 129 Å². The molecular formula is C27H24BrN3. The molecule has 4 heteroatoms. The second-order valence-electron chi connectivity index (χ2n) is 7.74. The van der Waals surface area contributed by atoms with Gasteiger partial charge in [0, 0.05) is 16.7 Å². The van der Waals surface area contributed by atoms with Crippen LogP contribution in [0.5, 0.6) is 0 Å². The normalized spacial score (nSPS) is 20.3. The van der Waals surface area contributed by atoms with Crippen LogP contribution in [0, 0.1) is 0 Å². The van der Waals surface area contributed by atoms with Crippen LogP contribution in [0.2, 0.25) is 0 Å². The van der Waals surface area contributed by atoms with Crippen LogP contribution in [0.1, 0.15) is 34.5 Å². The SMILES string of the molecule is Brc1ccc(C2C=C(c3ccc(C4=CCNC=C4)cc3)NC(c3ccccc3)N2)cc1. The van der Waals surface area contributed by atoms with E-state index in [1.54, 1.807) is 0 Å². The summed E-state index contributed by atoms with van der Waals surface area (Å²) in [7, 11) is 0. The first-order chi connectivity index (χ1) is 15.3. The molecule has 3 aromatic carbocycles. The third-order valence-electron chi connectivity index (χ3n) is 5.69. The van der Waals surface area contributed by atoms with Crippen LogP contribution in [0.25, 0.3) is 11.3 Å². The Balaban J connectivity index is 1.48. The minimum atomic E-state index is 0.0320. The number of rotatable bonds is 4. The molecule has 0 spiro atoms. The molecule has 31 heavy (non-hydrogen) atoms. The molecule has 0 bridgehead atoms. The lowest BCUT2D eigenvalue weighted by Gasteiger charge is -2.33. The van der Waals surface area contributed by atoms with Gasteiger partial charge in [0.25, 0.3) is 0 Å². The fourth-order valence-corrected chi connectivity index (χ4v) is 4.28. The van der Waals surface area contributed by atoms with E-state index >= 15 is 0 Å². The van der Waals surface area contributed by atoms with E-state index in [-0.39, 0.29) is 12.2 Å². The van der Waals surface area contributed by atoms with Gasteiger partial charge >= 0.3 is 0 Å². The van der Waals surface area contributed by atoms with E-state index in [0.29, 0.717) is 0 Å². The van der Waals surface area contributed by atoms with Crippen molar-refractivity contribution in [3.63, 3.8) is 0 Å². The Morgan fingerprint density at radius 3 is 2.23 bits per heavy atom. The summed E-state index contributed by atoms with van der Waals surface area (Å²) in [5, 5.41) is 10.6. The van der Waals surface area contributed by atoms with Crippen LogP contribution in [0.15, 0.2) is 108 Å². The largest absolute Gasteiger partial charge is 0.387 e. The van der Waals surface area contributed by atoms with E-state index < -0.39 is 0 Å². The van der Waals surface area contributed by atoms with Crippen molar-refractivity contribution in [1.29, 1.82) is 0 Å². The first kappa shape index (κ1) is 19.9. The first-order valence-corrected chi connectivity index (χ1v) is 11.3. The standard InChI is InChI=1S/C27H24BrN3/c28-24-12-10-22(11-13-24)26-18-25(30-27(31-26)23-4-2-1-3-5-23)21-8-6-19(7-9-21)20-14-16-29-17-15-20/h1-16,18,26-27,29-31H,17H2. The highest BCUT2D eigenvalue weighted by molar-refractivity contribution is 9.10. The van der Waals surface area contributed by atoms with Gasteiger partial charge in [0.05, 0.1) is 6.04 Å². The second kappa shape index (κ2) is 8.96. The zero-order valence-electron chi connectivity index (χ0n) is 17.1. The number of allylic oxidation sites excluding steroid dienone is 2. The maximum atomic E-state index is 3.74. The molecule has 0 fully saturated rings. The number of dihydropyridines is 1. The Bertz CT molecular complexity index is 1130. The molecule has 2 aliphatic rings. The molecule has 0 saturated carbocycles. The van der Waals surface area contributed by atoms with Crippen LogP contribution in [-0.4, -0.2) is 6.54 Å². The minimum Gasteiger partial charge on any atom is -0.387 e. The average molecular weight is 470 g/mol. The predicted molar refractivity (Wildman–Crippen MR) is 132 cm³/mol. The predicted octanol–water partition coefficient (Wildman–Crippen LogP) is 5.92. The molecule has 0 aromatic heterocycles. The number of hydrogen-bond donors (Lipinski definition) is 3. The molecule has 2 atom stereocenters. The fraction of sp³-hybridized carbons (Fsp3) is 0.111. The first-order valence-electron chi connectivity index (χ1n) is 10.5. The van der Waals surface area contributed by atoms with E-state index in [1.807, 2.05) is 6.20 Å². The summed E-state index contributed by atoms with van der Waals surface area (Å²) in [5.74, 6) is 0. The van der Waals surface area contributed by atoms with Crippen molar-refractivity contribution in [1.82, 2.24) is 16.0 Å². The summed E-state index contributed by atoms with van der Waals surface area (Å²) in [6.07, 6.45) is 8.65. The zero-order valence-corrected chi connectivity index (χ0v) is 18.6. The Hall–Kier alpha value is -3.08. The van der Waals surface area contributed by atoms with Gasteiger partial charge in [0.2, 0.25) is 0 Å². The maximum Gasteiger partial charge on any atom is 0.104 e. The molecule has 3 nitrogen and oxygen atoms in total. The highest BCUT2D eigenvalue weighted by Gasteiger charge is 2.24. The molecule has 0 aliphatic carbocycles. The smallest absolute Gasteiger partial charge is 0.104 e. The molecule has 2 unspecified atom stereocenters. The third kappa shape index (κ3) is 4.50. The number of nitrogens with one attached hydrogen (secondary N) is 3. The molecule has 3 N–H and O–H groups in total. The summed E-state index contributed by atoms with van der Waals surface area (Å²) in [6, 6.07) is 28.0. The lowest BCUT2D eigenvalue weighted by Crippen LogP contribution is -2.39. The fourth-order valence-electron chi connectivity index (χ4n) is 4.02. The highest BCUT2D eigenvalue weighted by atomic mass is 79.9. The van der Waals surface area contributed by atoms with Gasteiger partial charge in [-0.1, -0.05) is 88.7 Å². The molecule has 2 heterocycles. The second-order valence-corrected chi connectivity index (χ2v) is 8.66. The quantitative estimate of drug-likeness (QED) is 0.443. The van der Waals surface area contributed by atoms with E-state index in [1.165, 1.54) is 27.8 Å². The van der Waals surface area contributed by atoms with Crippen LogP contribution < -0.4 is 16.0 Å². The molecule has 0 amide bonds. The molecule has 2 aliphatic heterocycles. The highest BCUT2D eigenvalue weighted by Crippen LogP contribution is 2.30. The minimum absolute atomic E-state index is 0.0320. The van der Waals surface area contributed by atoms with Gasteiger partial charge in [-0.05, 0) is 58.3 Å². The van der Waals surface area contributed by atoms with Crippen molar-refractivity contribution in [3.05, 3.63) is 130 Å². The monoisotopic (exact) mass is 469 g/mol. The molecule has 154 valence electrons. The molecule has 3 aromatic rings. The number of benzene rings is 3. The van der Waals surface area contributed by atoms with Gasteiger partial charge in [-0.25, -0.2) is 0 Å². The Kier molecular flexibility index (Phi) is 5.74. The summed E-state index contributed by atoms with van der Waals surface area (Å²) >= 11 is 3.54. The van der Waals surface area contributed by atoms with Crippen LogP contribution in [-0.2, 0) is 0 Å². The van der Waals surface area contributed by atoms with Gasteiger partial charge in [-0.15, -0.1) is 0 Å². The topological polar surface area (TPSA) is 36.1 Å². The molecule has 0 radical (unpaired) electrons. The molecule has 0 saturated heterocycles. The van der Waals surface area contributed by atoms with Gasteiger partial charge < -0.3 is 10.6 Å². The lowest BCUT2D eigenvalue weighted by molar-refractivity contribution is 0.442. The van der Waals surface area contributed by atoms with Crippen molar-refractivity contribution in [2.24, 2.45) is 0 Å². The van der Waals surface area contributed by atoms with Crippen molar-refractivity contribution in [2.75, 3.05) is 6.54 Å². The van der Waals surface area contributed by atoms with Gasteiger partial charge in [-0.2, -0.15) is 0 Å². The van der Waals surface area contributed by atoms with Crippen molar-refractivity contribution < 1.29 is 0 Å². The van der Waals surface area contributed by atoms with Crippen LogP contribution in [0.3, 0.4) is 0 Å². The van der Waals surface area contributed by atoms with Crippen molar-refractivity contribution in [2.45, 2.75) is 12.2 Å². The Morgan fingerprint density at radius 1 is 0.774 bits per heavy atom. The average Bonchev–Trinajstić information content (AvgIpc) is 2.85. The van der Waals surface area contributed by atoms with E-state index in [9.17, 15) is 0 Å². The van der Waals surface area contributed by atoms with Crippen molar-refractivity contribution in [3.8, 4) is 0 Å². The van der Waals surface area contributed by atoms with Crippen LogP contribution >= 0.6 is 15.9 Å². The zero-order chi connectivity index (χ0) is 21.0. The number of halogens is 1. The Morgan fingerprint density at radius 2 is 1.52 bits per heavy atom. The molecule has 5 rings (SSSR count). The van der Waals surface area contributed by atoms with Gasteiger partial charge in [0.1, 0.15) is 6.17 Å². The van der Waals surface area contributed by atoms with Gasteiger partial charge in [0.15, 0.2) is 0 Å². The van der Waals surface area contributed by atoms with E-state index in [4.69, 9.17) is 0 Å². The summed E-state index contributed by atoms with van der Waals surface area (Å²) in [5.41, 5.74) is 7.28. The van der Waals surface area contributed by atoms with Crippen molar-refractivity contribution >= 4 is 27.2 Å². The van der Waals surface area contributed by atoms with E-state index in [0.717, 1.165) is 16.7 Å². The lowest BCUT2D eigenvalue weighted by atomic mass is 9.97. The van der Waals surface area contributed by atoms with Gasteiger partial charge in [-0.3, -0.25) is 5.32 Å². The summed E-state index contributed by atoms with van der Waals surface area (Å²) in [4.78, 5) is 0. The summed E-state index contributed by atoms with van der Waals surface area (Å²) < 4.78 is 1.09. The maximum absolute atomic E-state index is 3.74. The summed E-state index contributed by atoms with van der Waals surface area (Å²) in [6.45, 7) is 0.875.